The molecule has 0 radical (unpaired) electrons. The largest absolute Gasteiger partial charge is 0.379 e. The van der Waals surface area contributed by atoms with Gasteiger partial charge < -0.3 is 29.9 Å². The van der Waals surface area contributed by atoms with Crippen LogP contribution < -0.4 is 15.5 Å². The minimum absolute atomic E-state index is 0. The van der Waals surface area contributed by atoms with Gasteiger partial charge in [-0.1, -0.05) is 18.2 Å². The SMILES string of the molecule is CCNC(=NCCCOC1CCOC1)NCCC(=O)N1CCN(c2ccccc2)CC1.I. The first-order chi connectivity index (χ1) is 15.3. The minimum Gasteiger partial charge on any atom is -0.379 e. The van der Waals surface area contributed by atoms with E-state index in [0.717, 1.165) is 58.1 Å². The number of anilines is 1. The molecule has 1 atom stereocenters. The van der Waals surface area contributed by atoms with Gasteiger partial charge in [-0.3, -0.25) is 9.79 Å². The average Bonchev–Trinajstić information content (AvgIpc) is 3.33. The Labute approximate surface area is 209 Å². The first-order valence-electron chi connectivity index (χ1n) is 11.6. The first kappa shape index (κ1) is 26.7. The molecule has 0 saturated carbocycles. The van der Waals surface area contributed by atoms with Crippen molar-refractivity contribution in [2.24, 2.45) is 4.99 Å². The second-order valence-corrected chi connectivity index (χ2v) is 7.85. The van der Waals surface area contributed by atoms with Gasteiger partial charge in [0, 0.05) is 71.1 Å². The number of piperazine rings is 1. The first-order valence-corrected chi connectivity index (χ1v) is 11.6. The molecule has 2 fully saturated rings. The van der Waals surface area contributed by atoms with Crippen LogP contribution in [0.1, 0.15) is 26.2 Å². The predicted octanol–water partition coefficient (Wildman–Crippen LogP) is 2.09. The Morgan fingerprint density at radius 2 is 1.97 bits per heavy atom. The molecule has 0 aliphatic carbocycles. The molecule has 0 bridgehead atoms. The molecular formula is C23H38IN5O3. The summed E-state index contributed by atoms with van der Waals surface area (Å²) in [5.74, 6) is 0.955. The number of amides is 1. The summed E-state index contributed by atoms with van der Waals surface area (Å²) >= 11 is 0. The third-order valence-corrected chi connectivity index (χ3v) is 5.54. The van der Waals surface area contributed by atoms with Gasteiger partial charge in [0.25, 0.3) is 0 Å². The lowest BCUT2D eigenvalue weighted by atomic mass is 10.2. The summed E-state index contributed by atoms with van der Waals surface area (Å²) in [4.78, 5) is 21.5. The Bertz CT molecular complexity index is 677. The Morgan fingerprint density at radius 1 is 1.19 bits per heavy atom. The van der Waals surface area contributed by atoms with Crippen molar-refractivity contribution in [3.05, 3.63) is 30.3 Å². The van der Waals surface area contributed by atoms with Crippen LogP contribution in [0.3, 0.4) is 0 Å². The highest BCUT2D eigenvalue weighted by Crippen LogP contribution is 2.15. The predicted molar refractivity (Wildman–Crippen MR) is 139 cm³/mol. The van der Waals surface area contributed by atoms with Gasteiger partial charge in [0.05, 0.1) is 12.7 Å². The van der Waals surface area contributed by atoms with E-state index in [4.69, 9.17) is 9.47 Å². The minimum atomic E-state index is 0. The molecule has 1 aromatic carbocycles. The van der Waals surface area contributed by atoms with Crippen molar-refractivity contribution in [2.75, 3.05) is 70.5 Å². The van der Waals surface area contributed by atoms with Crippen LogP contribution in [0.2, 0.25) is 0 Å². The number of halogens is 1. The monoisotopic (exact) mass is 559 g/mol. The molecule has 1 unspecified atom stereocenters. The molecule has 8 nitrogen and oxygen atoms in total. The van der Waals surface area contributed by atoms with Gasteiger partial charge in [-0.2, -0.15) is 0 Å². The molecule has 1 aromatic rings. The van der Waals surface area contributed by atoms with E-state index in [2.05, 4.69) is 44.8 Å². The number of nitrogens with one attached hydrogen (secondary N) is 2. The maximum atomic E-state index is 12.6. The second kappa shape index (κ2) is 15.3. The number of benzene rings is 1. The van der Waals surface area contributed by atoms with Gasteiger partial charge in [0.15, 0.2) is 5.96 Å². The Balaban J connectivity index is 0.00000363. The van der Waals surface area contributed by atoms with Gasteiger partial charge in [0.1, 0.15) is 0 Å². The number of ether oxygens (including phenoxy) is 2. The summed E-state index contributed by atoms with van der Waals surface area (Å²) in [7, 11) is 0. The van der Waals surface area contributed by atoms with Crippen molar-refractivity contribution in [3.8, 4) is 0 Å². The Kier molecular flexibility index (Phi) is 12.7. The molecule has 32 heavy (non-hydrogen) atoms. The zero-order valence-electron chi connectivity index (χ0n) is 19.1. The number of guanidine groups is 1. The van der Waals surface area contributed by atoms with Crippen molar-refractivity contribution in [2.45, 2.75) is 32.3 Å². The number of aliphatic imine (C=N–C) groups is 1. The average molecular weight is 559 g/mol. The fourth-order valence-corrected chi connectivity index (χ4v) is 3.79. The number of hydrogen-bond acceptors (Lipinski definition) is 5. The zero-order chi connectivity index (χ0) is 21.7. The van der Waals surface area contributed by atoms with Crippen molar-refractivity contribution >= 4 is 41.5 Å². The molecule has 1 amide bonds. The molecule has 9 heteroatoms. The summed E-state index contributed by atoms with van der Waals surface area (Å²) in [6.45, 7) is 9.62. The highest BCUT2D eigenvalue weighted by molar-refractivity contribution is 14.0. The Morgan fingerprint density at radius 3 is 2.66 bits per heavy atom. The summed E-state index contributed by atoms with van der Waals surface area (Å²) < 4.78 is 11.1. The van der Waals surface area contributed by atoms with Crippen LogP contribution in [0.25, 0.3) is 0 Å². The van der Waals surface area contributed by atoms with Crippen LogP contribution in [-0.2, 0) is 14.3 Å². The van der Waals surface area contributed by atoms with Crippen LogP contribution in [0.5, 0.6) is 0 Å². The molecule has 2 aliphatic heterocycles. The van der Waals surface area contributed by atoms with E-state index in [1.807, 2.05) is 17.9 Å². The highest BCUT2D eigenvalue weighted by atomic mass is 127. The van der Waals surface area contributed by atoms with E-state index in [9.17, 15) is 4.79 Å². The smallest absolute Gasteiger partial charge is 0.224 e. The van der Waals surface area contributed by atoms with Crippen LogP contribution in [0.4, 0.5) is 5.69 Å². The highest BCUT2D eigenvalue weighted by Gasteiger charge is 2.21. The lowest BCUT2D eigenvalue weighted by Gasteiger charge is -2.36. The molecule has 0 aromatic heterocycles. The fraction of sp³-hybridized carbons (Fsp3) is 0.652. The molecule has 2 aliphatic rings. The fourth-order valence-electron chi connectivity index (χ4n) is 3.79. The van der Waals surface area contributed by atoms with Crippen LogP contribution in [0, 0.1) is 0 Å². The van der Waals surface area contributed by atoms with Crippen molar-refractivity contribution in [1.82, 2.24) is 15.5 Å². The van der Waals surface area contributed by atoms with Gasteiger partial charge in [-0.15, -0.1) is 24.0 Å². The van der Waals surface area contributed by atoms with E-state index in [-0.39, 0.29) is 36.0 Å². The quantitative estimate of drug-likeness (QED) is 0.198. The van der Waals surface area contributed by atoms with E-state index in [0.29, 0.717) is 32.7 Å². The number of nitrogens with zero attached hydrogens (tertiary/aromatic N) is 3. The maximum absolute atomic E-state index is 12.6. The van der Waals surface area contributed by atoms with Gasteiger partial charge in [0.2, 0.25) is 5.91 Å². The zero-order valence-corrected chi connectivity index (χ0v) is 21.5. The number of rotatable bonds is 10. The number of carbonyl (C=O) groups is 1. The molecule has 0 spiro atoms. The standard InChI is InChI=1S/C23H37N5O3.HI/c1-2-24-23(25-11-6-17-31-21-10-18-30-19-21)26-12-9-22(29)28-15-13-27(14-16-28)20-7-4-3-5-8-20;/h3-5,7-8,21H,2,6,9-19H2,1H3,(H2,24,25,26);1H. The lowest BCUT2D eigenvalue weighted by Crippen LogP contribution is -2.49. The van der Waals surface area contributed by atoms with Crippen molar-refractivity contribution < 1.29 is 14.3 Å². The summed E-state index contributed by atoms with van der Waals surface area (Å²) in [6.07, 6.45) is 2.58. The van der Waals surface area contributed by atoms with E-state index in [1.54, 1.807) is 0 Å². The molecular weight excluding hydrogens is 521 g/mol. The summed E-state index contributed by atoms with van der Waals surface area (Å²) in [5.41, 5.74) is 1.23. The molecule has 2 N–H and O–H groups in total. The van der Waals surface area contributed by atoms with E-state index < -0.39 is 0 Å². The summed E-state index contributed by atoms with van der Waals surface area (Å²) in [6, 6.07) is 10.4. The number of carbonyl (C=O) groups excluding carboxylic acids is 1. The second-order valence-electron chi connectivity index (χ2n) is 7.85. The van der Waals surface area contributed by atoms with E-state index in [1.165, 1.54) is 5.69 Å². The molecule has 3 rings (SSSR count). The number of hydrogen-bond donors (Lipinski definition) is 2. The van der Waals surface area contributed by atoms with Gasteiger partial charge in [-0.25, -0.2) is 0 Å². The van der Waals surface area contributed by atoms with Crippen LogP contribution >= 0.6 is 24.0 Å². The normalized spacial score (nSPS) is 18.9. The van der Waals surface area contributed by atoms with Crippen LogP contribution in [0.15, 0.2) is 35.3 Å². The third kappa shape index (κ3) is 9.11. The van der Waals surface area contributed by atoms with E-state index >= 15 is 0 Å². The molecule has 180 valence electrons. The van der Waals surface area contributed by atoms with Gasteiger partial charge >= 0.3 is 0 Å². The molecule has 2 saturated heterocycles. The third-order valence-electron chi connectivity index (χ3n) is 5.54. The molecule has 2 heterocycles. The van der Waals surface area contributed by atoms with Crippen molar-refractivity contribution in [1.29, 1.82) is 0 Å². The topological polar surface area (TPSA) is 78.4 Å². The maximum Gasteiger partial charge on any atom is 0.224 e. The Hall–Kier alpha value is -1.59. The number of para-hydroxylation sites is 1. The van der Waals surface area contributed by atoms with Crippen LogP contribution in [-0.4, -0.2) is 88.5 Å². The van der Waals surface area contributed by atoms with Gasteiger partial charge in [-0.05, 0) is 31.9 Å². The van der Waals surface area contributed by atoms with Crippen molar-refractivity contribution in [3.63, 3.8) is 0 Å². The lowest BCUT2D eigenvalue weighted by molar-refractivity contribution is -0.131. The summed E-state index contributed by atoms with van der Waals surface area (Å²) in [5, 5.41) is 6.52.